The van der Waals surface area contributed by atoms with Crippen molar-refractivity contribution in [2.75, 3.05) is 19.6 Å². The van der Waals surface area contributed by atoms with E-state index in [1.165, 1.54) is 12.1 Å². The molecule has 4 nitrogen and oxygen atoms in total. The minimum Gasteiger partial charge on any atom is -0.329 e. The largest absolute Gasteiger partial charge is 0.329 e. The van der Waals surface area contributed by atoms with Gasteiger partial charge in [0.15, 0.2) is 0 Å². The molecular weight excluding hydrogens is 221 g/mol. The SMILES string of the molecule is O=C1NC(c2cccc(F)c2)CN1C1CNC1. The fourth-order valence-electron chi connectivity index (χ4n) is 2.28. The quantitative estimate of drug-likeness (QED) is 0.798. The second kappa shape index (κ2) is 4.00. The van der Waals surface area contributed by atoms with E-state index in [1.807, 2.05) is 11.0 Å². The molecule has 2 fully saturated rings. The zero-order valence-corrected chi connectivity index (χ0v) is 9.32. The summed E-state index contributed by atoms with van der Waals surface area (Å²) in [6, 6.07) is 6.54. The Labute approximate surface area is 98.8 Å². The van der Waals surface area contributed by atoms with Gasteiger partial charge in [-0.05, 0) is 17.7 Å². The van der Waals surface area contributed by atoms with Crippen molar-refractivity contribution < 1.29 is 9.18 Å². The summed E-state index contributed by atoms with van der Waals surface area (Å²) in [6.07, 6.45) is 0. The Balaban J connectivity index is 1.76. The van der Waals surface area contributed by atoms with Gasteiger partial charge in [0.25, 0.3) is 0 Å². The monoisotopic (exact) mass is 235 g/mol. The highest BCUT2D eigenvalue weighted by atomic mass is 19.1. The van der Waals surface area contributed by atoms with Gasteiger partial charge in [-0.2, -0.15) is 0 Å². The van der Waals surface area contributed by atoms with E-state index in [4.69, 9.17) is 0 Å². The van der Waals surface area contributed by atoms with E-state index in [0.29, 0.717) is 6.54 Å². The standard InChI is InChI=1S/C12H14FN3O/c13-9-3-1-2-8(4-9)11-7-16(12(17)15-11)10-5-14-6-10/h1-4,10-11,14H,5-7H2,(H,15,17). The molecule has 3 rings (SSSR count). The average molecular weight is 235 g/mol. The summed E-state index contributed by atoms with van der Waals surface area (Å²) in [5.74, 6) is -0.263. The van der Waals surface area contributed by atoms with Gasteiger partial charge in [0.05, 0.1) is 12.1 Å². The molecule has 2 N–H and O–H groups in total. The molecule has 90 valence electrons. The molecule has 0 aromatic heterocycles. The Kier molecular flexibility index (Phi) is 2.48. The molecule has 0 spiro atoms. The van der Waals surface area contributed by atoms with Crippen molar-refractivity contribution in [1.82, 2.24) is 15.5 Å². The first kappa shape index (κ1) is 10.5. The topological polar surface area (TPSA) is 44.4 Å². The Morgan fingerprint density at radius 3 is 2.82 bits per heavy atom. The van der Waals surface area contributed by atoms with Crippen LogP contribution in [0.25, 0.3) is 0 Å². The van der Waals surface area contributed by atoms with Crippen LogP contribution in [0.5, 0.6) is 0 Å². The van der Waals surface area contributed by atoms with E-state index in [2.05, 4.69) is 10.6 Å². The number of nitrogens with zero attached hydrogens (tertiary/aromatic N) is 1. The fourth-order valence-corrected chi connectivity index (χ4v) is 2.28. The van der Waals surface area contributed by atoms with Crippen LogP contribution in [0.2, 0.25) is 0 Å². The molecule has 17 heavy (non-hydrogen) atoms. The summed E-state index contributed by atoms with van der Waals surface area (Å²) in [5, 5.41) is 6.03. The molecule has 0 aliphatic carbocycles. The van der Waals surface area contributed by atoms with Crippen LogP contribution in [0.1, 0.15) is 11.6 Å². The Hall–Kier alpha value is -1.62. The number of benzene rings is 1. The minimum absolute atomic E-state index is 0.0502. The van der Waals surface area contributed by atoms with Gasteiger partial charge in [-0.1, -0.05) is 12.1 Å². The van der Waals surface area contributed by atoms with Crippen LogP contribution in [-0.2, 0) is 0 Å². The third kappa shape index (κ3) is 1.86. The summed E-state index contributed by atoms with van der Waals surface area (Å²) in [6.45, 7) is 2.32. The molecule has 1 aromatic rings. The van der Waals surface area contributed by atoms with Crippen LogP contribution in [0.15, 0.2) is 24.3 Å². The minimum atomic E-state index is -0.263. The van der Waals surface area contributed by atoms with Gasteiger partial charge < -0.3 is 15.5 Å². The van der Waals surface area contributed by atoms with Crippen molar-refractivity contribution in [3.8, 4) is 0 Å². The van der Waals surface area contributed by atoms with Crippen molar-refractivity contribution in [1.29, 1.82) is 0 Å². The maximum absolute atomic E-state index is 13.1. The number of amides is 2. The number of rotatable bonds is 2. The van der Waals surface area contributed by atoms with Crippen molar-refractivity contribution in [2.45, 2.75) is 12.1 Å². The molecular formula is C12H14FN3O. The highest BCUT2D eigenvalue weighted by molar-refractivity contribution is 5.77. The molecule has 2 aliphatic rings. The normalized spacial score (nSPS) is 24.6. The van der Waals surface area contributed by atoms with Crippen LogP contribution >= 0.6 is 0 Å². The lowest BCUT2D eigenvalue weighted by molar-refractivity contribution is 0.172. The highest BCUT2D eigenvalue weighted by Crippen LogP contribution is 2.23. The molecule has 2 heterocycles. The Morgan fingerprint density at radius 1 is 1.35 bits per heavy atom. The van der Waals surface area contributed by atoms with Gasteiger partial charge in [0.2, 0.25) is 0 Å². The predicted octanol–water partition coefficient (Wildman–Crippen LogP) is 0.864. The molecule has 2 saturated heterocycles. The van der Waals surface area contributed by atoms with E-state index in [9.17, 15) is 9.18 Å². The van der Waals surface area contributed by atoms with Gasteiger partial charge in [-0.15, -0.1) is 0 Å². The van der Waals surface area contributed by atoms with Gasteiger partial charge >= 0.3 is 6.03 Å². The van der Waals surface area contributed by atoms with Crippen LogP contribution in [0.4, 0.5) is 9.18 Å². The fraction of sp³-hybridized carbons (Fsp3) is 0.417. The third-order valence-electron chi connectivity index (χ3n) is 3.39. The van der Waals surface area contributed by atoms with E-state index in [-0.39, 0.29) is 23.9 Å². The highest BCUT2D eigenvalue weighted by Gasteiger charge is 2.36. The maximum Gasteiger partial charge on any atom is 0.318 e. The van der Waals surface area contributed by atoms with Crippen molar-refractivity contribution in [2.24, 2.45) is 0 Å². The molecule has 2 amide bonds. The van der Waals surface area contributed by atoms with Gasteiger partial charge in [0.1, 0.15) is 5.82 Å². The first-order valence-electron chi connectivity index (χ1n) is 5.77. The number of hydrogen-bond acceptors (Lipinski definition) is 2. The molecule has 2 aliphatic heterocycles. The lowest BCUT2D eigenvalue weighted by Gasteiger charge is -2.34. The van der Waals surface area contributed by atoms with Crippen LogP contribution in [0.3, 0.4) is 0 Å². The molecule has 1 unspecified atom stereocenters. The first-order valence-corrected chi connectivity index (χ1v) is 5.77. The number of hydrogen-bond donors (Lipinski definition) is 2. The molecule has 0 radical (unpaired) electrons. The predicted molar refractivity (Wildman–Crippen MR) is 61.0 cm³/mol. The van der Waals surface area contributed by atoms with E-state index < -0.39 is 0 Å². The Bertz CT molecular complexity index is 447. The zero-order chi connectivity index (χ0) is 11.8. The summed E-state index contributed by atoms with van der Waals surface area (Å²) >= 11 is 0. The second-order valence-corrected chi connectivity index (χ2v) is 4.52. The van der Waals surface area contributed by atoms with E-state index >= 15 is 0 Å². The number of carbonyl (C=O) groups is 1. The number of carbonyl (C=O) groups excluding carboxylic acids is 1. The smallest absolute Gasteiger partial charge is 0.318 e. The number of halogens is 1. The molecule has 5 heteroatoms. The van der Waals surface area contributed by atoms with E-state index in [1.54, 1.807) is 6.07 Å². The maximum atomic E-state index is 13.1. The summed E-state index contributed by atoms with van der Waals surface area (Å²) in [5.41, 5.74) is 0.827. The lowest BCUT2D eigenvalue weighted by Crippen LogP contribution is -2.57. The Morgan fingerprint density at radius 2 is 2.18 bits per heavy atom. The van der Waals surface area contributed by atoms with Gasteiger partial charge in [0, 0.05) is 19.6 Å². The van der Waals surface area contributed by atoms with Gasteiger partial charge in [-0.25, -0.2) is 9.18 Å². The molecule has 1 aromatic carbocycles. The summed E-state index contributed by atoms with van der Waals surface area (Å²) in [4.78, 5) is 13.6. The van der Waals surface area contributed by atoms with Crippen molar-refractivity contribution >= 4 is 6.03 Å². The van der Waals surface area contributed by atoms with Crippen LogP contribution in [-0.4, -0.2) is 36.6 Å². The molecule has 0 saturated carbocycles. The summed E-state index contributed by atoms with van der Waals surface area (Å²) < 4.78 is 13.1. The van der Waals surface area contributed by atoms with E-state index in [0.717, 1.165) is 18.7 Å². The van der Waals surface area contributed by atoms with Crippen LogP contribution < -0.4 is 10.6 Å². The van der Waals surface area contributed by atoms with Crippen molar-refractivity contribution in [3.63, 3.8) is 0 Å². The van der Waals surface area contributed by atoms with Crippen LogP contribution in [0, 0.1) is 5.82 Å². The average Bonchev–Trinajstić information content (AvgIpc) is 2.59. The second-order valence-electron chi connectivity index (χ2n) is 4.52. The lowest BCUT2D eigenvalue weighted by atomic mass is 10.1. The third-order valence-corrected chi connectivity index (χ3v) is 3.39. The molecule has 0 bridgehead atoms. The summed E-state index contributed by atoms with van der Waals surface area (Å²) in [7, 11) is 0. The number of nitrogens with one attached hydrogen (secondary N) is 2. The number of urea groups is 1. The van der Waals surface area contributed by atoms with Gasteiger partial charge in [-0.3, -0.25) is 0 Å². The zero-order valence-electron chi connectivity index (χ0n) is 9.32. The first-order chi connectivity index (χ1) is 8.24. The molecule has 1 atom stereocenters. The van der Waals surface area contributed by atoms with Crippen molar-refractivity contribution in [3.05, 3.63) is 35.6 Å².